The van der Waals surface area contributed by atoms with E-state index in [9.17, 15) is 9.00 Å². The first-order valence-electron chi connectivity index (χ1n) is 9.66. The maximum Gasteiger partial charge on any atom is 0.410 e. The molecule has 0 aromatic heterocycles. The molecule has 1 saturated heterocycles. The standard InChI is InChI=1S/C21H24ClN3O4S/c1-21(2,3)29-20(26)25-8-6-15(7-9-25)19-24-16(13-30(19)27)12-28-18-5-4-14(11-23)10-17(18)22/h4-5,10,13,15H,6-9,12H2,1-3H3. The van der Waals surface area contributed by atoms with Crippen molar-refractivity contribution in [3.8, 4) is 11.8 Å². The lowest BCUT2D eigenvalue weighted by Crippen LogP contribution is -2.43. The SMILES string of the molecule is CC(C)(C)OC(=O)N1CCC(C2=NC(COc3ccc(C#N)cc3Cl)=CS2=O)CC1. The van der Waals surface area contributed by atoms with E-state index in [0.29, 0.717) is 53.0 Å². The number of ether oxygens (including phenoxy) is 2. The van der Waals surface area contributed by atoms with Crippen molar-refractivity contribution in [2.24, 2.45) is 10.9 Å². The van der Waals surface area contributed by atoms with Gasteiger partial charge in [0.15, 0.2) is 0 Å². The Labute approximate surface area is 183 Å². The molecule has 1 aromatic carbocycles. The highest BCUT2D eigenvalue weighted by Gasteiger charge is 2.32. The molecule has 1 fully saturated rings. The minimum atomic E-state index is -1.30. The Kier molecular flexibility index (Phi) is 6.84. The quantitative estimate of drug-likeness (QED) is 0.685. The van der Waals surface area contributed by atoms with Crippen LogP contribution >= 0.6 is 11.6 Å². The van der Waals surface area contributed by atoms with E-state index in [1.807, 2.05) is 26.8 Å². The van der Waals surface area contributed by atoms with Gasteiger partial charge < -0.3 is 14.4 Å². The van der Waals surface area contributed by atoms with Crippen LogP contribution in [-0.4, -0.2) is 45.5 Å². The number of benzene rings is 1. The van der Waals surface area contributed by atoms with Gasteiger partial charge >= 0.3 is 6.09 Å². The Morgan fingerprint density at radius 3 is 2.67 bits per heavy atom. The van der Waals surface area contributed by atoms with Crippen LogP contribution in [0.1, 0.15) is 39.2 Å². The van der Waals surface area contributed by atoms with Crippen molar-refractivity contribution >= 4 is 33.5 Å². The molecule has 0 bridgehead atoms. The predicted molar refractivity (Wildman–Crippen MR) is 116 cm³/mol. The highest BCUT2D eigenvalue weighted by atomic mass is 35.5. The van der Waals surface area contributed by atoms with E-state index < -0.39 is 16.4 Å². The van der Waals surface area contributed by atoms with Crippen molar-refractivity contribution in [2.45, 2.75) is 39.2 Å². The van der Waals surface area contributed by atoms with Gasteiger partial charge in [-0.25, -0.2) is 14.0 Å². The van der Waals surface area contributed by atoms with E-state index in [1.54, 1.807) is 22.4 Å². The lowest BCUT2D eigenvalue weighted by atomic mass is 9.98. The highest BCUT2D eigenvalue weighted by Crippen LogP contribution is 2.29. The fraction of sp³-hybridized carbons (Fsp3) is 0.476. The summed E-state index contributed by atoms with van der Waals surface area (Å²) in [5.74, 6) is 0.494. The summed E-state index contributed by atoms with van der Waals surface area (Å²) in [6, 6.07) is 6.80. The Bertz CT molecular complexity index is 954. The largest absolute Gasteiger partial charge is 0.486 e. The minimum absolute atomic E-state index is 0.0526. The lowest BCUT2D eigenvalue weighted by Gasteiger charge is -2.33. The van der Waals surface area contributed by atoms with Crippen LogP contribution in [0.3, 0.4) is 0 Å². The van der Waals surface area contributed by atoms with Crippen molar-refractivity contribution in [3.63, 3.8) is 0 Å². The summed E-state index contributed by atoms with van der Waals surface area (Å²) >= 11 is 6.12. The molecule has 0 aliphatic carbocycles. The van der Waals surface area contributed by atoms with Crippen LogP contribution in [0.4, 0.5) is 4.79 Å². The van der Waals surface area contributed by atoms with Crippen molar-refractivity contribution in [3.05, 3.63) is 39.9 Å². The van der Waals surface area contributed by atoms with E-state index in [2.05, 4.69) is 4.99 Å². The third-order valence-corrected chi connectivity index (χ3v) is 6.25. The summed E-state index contributed by atoms with van der Waals surface area (Å²) in [7, 11) is -1.30. The number of piperidine rings is 1. The molecule has 160 valence electrons. The summed E-state index contributed by atoms with van der Waals surface area (Å²) in [4.78, 5) is 18.4. The molecule has 1 amide bonds. The second-order valence-corrected chi connectivity index (χ2v) is 9.80. The molecule has 0 saturated carbocycles. The first kappa shape index (κ1) is 22.3. The van der Waals surface area contributed by atoms with Gasteiger partial charge in [0.05, 0.1) is 33.2 Å². The average molecular weight is 450 g/mol. The number of rotatable bonds is 4. The number of carbonyl (C=O) groups excluding carboxylic acids is 1. The highest BCUT2D eigenvalue weighted by molar-refractivity contribution is 8.03. The Hall–Kier alpha value is -2.37. The fourth-order valence-electron chi connectivity index (χ4n) is 3.19. The molecule has 0 spiro atoms. The Morgan fingerprint density at radius 1 is 1.37 bits per heavy atom. The summed E-state index contributed by atoms with van der Waals surface area (Å²) in [5.41, 5.74) is 0.506. The number of aliphatic imine (C=N–C) groups is 1. The number of nitriles is 1. The zero-order valence-electron chi connectivity index (χ0n) is 17.2. The first-order valence-corrected chi connectivity index (χ1v) is 11.3. The molecule has 9 heteroatoms. The van der Waals surface area contributed by atoms with Gasteiger partial charge in [-0.2, -0.15) is 5.26 Å². The number of amides is 1. The molecule has 0 N–H and O–H groups in total. The lowest BCUT2D eigenvalue weighted by molar-refractivity contribution is 0.0202. The molecular formula is C21H24ClN3O4S. The molecule has 2 aliphatic rings. The van der Waals surface area contributed by atoms with Gasteiger partial charge in [-0.1, -0.05) is 11.6 Å². The third-order valence-electron chi connectivity index (χ3n) is 4.64. The van der Waals surface area contributed by atoms with Crippen LogP contribution in [0.15, 0.2) is 34.3 Å². The van der Waals surface area contributed by atoms with Crippen LogP contribution in [-0.2, 0) is 15.5 Å². The Morgan fingerprint density at radius 2 is 2.07 bits per heavy atom. The van der Waals surface area contributed by atoms with Gasteiger partial charge in [0.25, 0.3) is 0 Å². The number of nitrogens with zero attached hydrogens (tertiary/aromatic N) is 3. The zero-order valence-corrected chi connectivity index (χ0v) is 18.8. The van der Waals surface area contributed by atoms with Gasteiger partial charge in [0.2, 0.25) is 0 Å². The maximum absolute atomic E-state index is 12.5. The molecule has 2 heterocycles. The van der Waals surface area contributed by atoms with E-state index in [-0.39, 0.29) is 18.6 Å². The van der Waals surface area contributed by atoms with Gasteiger partial charge in [-0.3, -0.25) is 0 Å². The van der Waals surface area contributed by atoms with Crippen molar-refractivity contribution in [1.29, 1.82) is 5.26 Å². The third kappa shape index (κ3) is 5.61. The number of likely N-dealkylation sites (tertiary alicyclic amines) is 1. The van der Waals surface area contributed by atoms with Gasteiger partial charge in [-0.05, 0) is 51.8 Å². The molecule has 1 unspecified atom stereocenters. The van der Waals surface area contributed by atoms with Crippen LogP contribution in [0.25, 0.3) is 0 Å². The predicted octanol–water partition coefficient (Wildman–Crippen LogP) is 4.24. The number of carbonyl (C=O) groups is 1. The van der Waals surface area contributed by atoms with E-state index in [1.165, 1.54) is 6.07 Å². The monoisotopic (exact) mass is 449 g/mol. The second kappa shape index (κ2) is 9.19. The minimum Gasteiger partial charge on any atom is -0.486 e. The summed E-state index contributed by atoms with van der Waals surface area (Å²) in [6.07, 6.45) is 1.06. The first-order chi connectivity index (χ1) is 14.2. The molecule has 0 radical (unpaired) electrons. The van der Waals surface area contributed by atoms with Crippen LogP contribution in [0.5, 0.6) is 5.75 Å². The van der Waals surface area contributed by atoms with E-state index in [4.69, 9.17) is 26.3 Å². The molecule has 7 nitrogen and oxygen atoms in total. The summed E-state index contributed by atoms with van der Waals surface area (Å²) < 4.78 is 23.6. The number of halogens is 1. The molecule has 2 aliphatic heterocycles. The van der Waals surface area contributed by atoms with E-state index >= 15 is 0 Å². The topological polar surface area (TPSA) is 92.0 Å². The van der Waals surface area contributed by atoms with Gasteiger partial charge in [-0.15, -0.1) is 0 Å². The molecule has 1 atom stereocenters. The smallest absolute Gasteiger partial charge is 0.410 e. The Balaban J connectivity index is 1.55. The van der Waals surface area contributed by atoms with Crippen LogP contribution in [0, 0.1) is 17.2 Å². The average Bonchev–Trinajstić information content (AvgIpc) is 3.06. The van der Waals surface area contributed by atoms with Crippen molar-refractivity contribution in [2.75, 3.05) is 19.7 Å². The van der Waals surface area contributed by atoms with Crippen LogP contribution in [0.2, 0.25) is 5.02 Å². The van der Waals surface area contributed by atoms with Crippen molar-refractivity contribution in [1.82, 2.24) is 4.90 Å². The number of hydrogen-bond donors (Lipinski definition) is 0. The van der Waals surface area contributed by atoms with Crippen molar-refractivity contribution < 1.29 is 18.5 Å². The van der Waals surface area contributed by atoms with E-state index in [0.717, 1.165) is 0 Å². The maximum atomic E-state index is 12.5. The fourth-order valence-corrected chi connectivity index (χ4v) is 4.69. The van der Waals surface area contributed by atoms with Gasteiger partial charge in [0.1, 0.15) is 23.0 Å². The number of hydrogen-bond acceptors (Lipinski definition) is 6. The molecule has 1 aromatic rings. The molecule has 3 rings (SSSR count). The normalized spacial score (nSPS) is 19.7. The molecular weight excluding hydrogens is 426 g/mol. The van der Waals surface area contributed by atoms with Gasteiger partial charge in [0, 0.05) is 24.4 Å². The van der Waals surface area contributed by atoms with Crippen LogP contribution < -0.4 is 4.74 Å². The molecule has 30 heavy (non-hydrogen) atoms. The summed E-state index contributed by atoms with van der Waals surface area (Å²) in [5, 5.41) is 11.5. The second-order valence-electron chi connectivity index (χ2n) is 8.14. The summed E-state index contributed by atoms with van der Waals surface area (Å²) in [6.45, 7) is 6.75. The zero-order chi connectivity index (χ0) is 21.9.